The van der Waals surface area contributed by atoms with E-state index in [9.17, 15) is 9.59 Å². The fourth-order valence-corrected chi connectivity index (χ4v) is 7.28. The van der Waals surface area contributed by atoms with Crippen molar-refractivity contribution in [1.82, 2.24) is 14.5 Å². The molecule has 5 nitrogen and oxygen atoms in total. The van der Waals surface area contributed by atoms with Crippen molar-refractivity contribution in [1.29, 1.82) is 0 Å². The fraction of sp³-hybridized carbons (Fsp3) is 0.343. The maximum atomic E-state index is 14.6. The Bertz CT molecular complexity index is 1730. The third-order valence-corrected chi connectivity index (χ3v) is 9.84. The Hall–Kier alpha value is -3.48. The van der Waals surface area contributed by atoms with E-state index in [1.54, 1.807) is 10.6 Å². The van der Waals surface area contributed by atoms with Crippen molar-refractivity contribution >= 4 is 34.9 Å². The molecule has 1 saturated carbocycles. The van der Waals surface area contributed by atoms with E-state index in [-0.39, 0.29) is 11.5 Å². The van der Waals surface area contributed by atoms with Gasteiger partial charge in [-0.3, -0.25) is 14.2 Å². The van der Waals surface area contributed by atoms with Crippen molar-refractivity contribution in [3.05, 3.63) is 97.2 Å². The molecule has 3 heterocycles. The Morgan fingerprint density at radius 2 is 1.71 bits per heavy atom. The van der Waals surface area contributed by atoms with Crippen molar-refractivity contribution in [2.24, 2.45) is 5.41 Å². The van der Waals surface area contributed by atoms with Crippen LogP contribution < -0.4 is 5.56 Å². The summed E-state index contributed by atoms with van der Waals surface area (Å²) in [6.07, 6.45) is 7.16. The standard InChI is InChI=1S/C35H36ClN3O2S/c1-5-23-9-7-10-24(6-2)31(23)39-30(17-22(3)4)27(33(40)38-20-35(21-38)15-8-16-35)18-28(34(39)41)32-37-29(19-42-32)25-11-13-26(36)14-12-25/h7,9-14,17-19H,5-6,8,15-16,20-21H2,1-4H3. The highest BCUT2D eigenvalue weighted by molar-refractivity contribution is 7.13. The molecule has 1 aliphatic carbocycles. The topological polar surface area (TPSA) is 55.2 Å². The van der Waals surface area contributed by atoms with Gasteiger partial charge in [0.15, 0.2) is 0 Å². The molecular formula is C35H36ClN3O2S. The largest absolute Gasteiger partial charge is 0.337 e. The van der Waals surface area contributed by atoms with Crippen LogP contribution in [-0.4, -0.2) is 33.4 Å². The van der Waals surface area contributed by atoms with Gasteiger partial charge in [-0.25, -0.2) is 4.98 Å². The highest BCUT2D eigenvalue weighted by Gasteiger charge is 2.49. The number of aryl methyl sites for hydroxylation is 2. The maximum absolute atomic E-state index is 14.6. The minimum absolute atomic E-state index is 0.0171. The summed E-state index contributed by atoms with van der Waals surface area (Å²) >= 11 is 7.54. The van der Waals surface area contributed by atoms with Crippen LogP contribution in [0.3, 0.4) is 0 Å². The first-order valence-electron chi connectivity index (χ1n) is 14.8. The molecule has 1 amide bonds. The zero-order chi connectivity index (χ0) is 29.6. The fourth-order valence-electron chi connectivity index (χ4n) is 6.32. The number of pyridine rings is 1. The predicted molar refractivity (Wildman–Crippen MR) is 174 cm³/mol. The molecule has 42 heavy (non-hydrogen) atoms. The third-order valence-electron chi connectivity index (χ3n) is 8.71. The minimum atomic E-state index is -0.161. The lowest BCUT2D eigenvalue weighted by Gasteiger charge is -2.56. The smallest absolute Gasteiger partial charge is 0.265 e. The molecule has 4 aromatic rings. The Kier molecular flexibility index (Phi) is 7.71. The van der Waals surface area contributed by atoms with Crippen molar-refractivity contribution in [3.63, 3.8) is 0 Å². The number of nitrogens with zero attached hydrogens (tertiary/aromatic N) is 3. The second-order valence-corrected chi connectivity index (χ2v) is 13.2. The highest BCUT2D eigenvalue weighted by atomic mass is 35.5. The quantitative estimate of drug-likeness (QED) is 0.215. The van der Waals surface area contributed by atoms with E-state index in [1.807, 2.05) is 54.5 Å². The van der Waals surface area contributed by atoms with Gasteiger partial charge >= 0.3 is 0 Å². The number of hydrogen-bond donors (Lipinski definition) is 0. The molecule has 1 saturated heterocycles. The lowest BCUT2D eigenvalue weighted by molar-refractivity contribution is -0.0426. The van der Waals surface area contributed by atoms with Crippen LogP contribution in [0.2, 0.25) is 5.02 Å². The van der Waals surface area contributed by atoms with Crippen LogP contribution >= 0.6 is 22.9 Å². The molecule has 0 N–H and O–H groups in total. The van der Waals surface area contributed by atoms with Gasteiger partial charge in [0.05, 0.1) is 28.2 Å². The van der Waals surface area contributed by atoms with Crippen LogP contribution in [0.5, 0.6) is 0 Å². The van der Waals surface area contributed by atoms with Gasteiger partial charge in [0, 0.05) is 34.5 Å². The van der Waals surface area contributed by atoms with Gasteiger partial charge in [-0.1, -0.05) is 67.8 Å². The third kappa shape index (κ3) is 5.05. The van der Waals surface area contributed by atoms with Crippen molar-refractivity contribution < 1.29 is 4.79 Å². The van der Waals surface area contributed by atoms with Gasteiger partial charge in [-0.2, -0.15) is 0 Å². The molecule has 2 fully saturated rings. The number of aromatic nitrogens is 2. The van der Waals surface area contributed by atoms with E-state index in [1.165, 1.54) is 30.6 Å². The molecule has 0 radical (unpaired) electrons. The molecule has 6 rings (SSSR count). The number of allylic oxidation sites excluding steroid dienone is 1. The Morgan fingerprint density at radius 3 is 2.29 bits per heavy atom. The first kappa shape index (κ1) is 28.6. The Balaban J connectivity index is 1.59. The summed E-state index contributed by atoms with van der Waals surface area (Å²) in [5, 5.41) is 3.22. The van der Waals surface area contributed by atoms with Crippen LogP contribution in [0.4, 0.5) is 0 Å². The number of amides is 1. The summed E-state index contributed by atoms with van der Waals surface area (Å²) in [6.45, 7) is 9.82. The summed E-state index contributed by atoms with van der Waals surface area (Å²) in [5.74, 6) is -0.0171. The van der Waals surface area contributed by atoms with Gasteiger partial charge in [0.2, 0.25) is 0 Å². The average molecular weight is 598 g/mol. The molecule has 0 atom stereocenters. The lowest BCUT2D eigenvalue weighted by atomic mass is 9.63. The van der Waals surface area contributed by atoms with Gasteiger partial charge in [0.1, 0.15) is 5.01 Å². The van der Waals surface area contributed by atoms with Crippen molar-refractivity contribution in [3.8, 4) is 27.5 Å². The van der Waals surface area contributed by atoms with Gasteiger partial charge < -0.3 is 4.90 Å². The molecule has 2 aromatic carbocycles. The van der Waals surface area contributed by atoms with Crippen LogP contribution in [0.1, 0.15) is 74.1 Å². The van der Waals surface area contributed by atoms with Crippen LogP contribution in [0.15, 0.2) is 64.3 Å². The second kappa shape index (κ2) is 11.3. The SMILES string of the molecule is CCc1cccc(CC)c1-n1c(C=C(C)C)c(C(=O)N2CC3(CCC3)C2)cc(-c2nc(-c3ccc(Cl)cc3)cs2)c1=O. The summed E-state index contributed by atoms with van der Waals surface area (Å²) in [4.78, 5) is 35.8. The van der Waals surface area contributed by atoms with E-state index in [2.05, 4.69) is 32.0 Å². The number of likely N-dealkylation sites (tertiary alicyclic amines) is 1. The number of thiazole rings is 1. The van der Waals surface area contributed by atoms with E-state index < -0.39 is 0 Å². The van der Waals surface area contributed by atoms with Gasteiger partial charge in [0.25, 0.3) is 11.5 Å². The normalized spacial score (nSPS) is 15.3. The molecular weight excluding hydrogens is 562 g/mol. The van der Waals surface area contributed by atoms with E-state index in [4.69, 9.17) is 16.6 Å². The monoisotopic (exact) mass is 597 g/mol. The van der Waals surface area contributed by atoms with Crippen LogP contribution in [0.25, 0.3) is 33.6 Å². The van der Waals surface area contributed by atoms with Gasteiger partial charge in [-0.15, -0.1) is 11.3 Å². The predicted octanol–water partition coefficient (Wildman–Crippen LogP) is 8.46. The van der Waals surface area contributed by atoms with Gasteiger partial charge in [-0.05, 0) is 74.9 Å². The number of benzene rings is 2. The summed E-state index contributed by atoms with van der Waals surface area (Å²) in [7, 11) is 0. The maximum Gasteiger partial charge on any atom is 0.265 e. The Morgan fingerprint density at radius 1 is 1.05 bits per heavy atom. The molecule has 0 bridgehead atoms. The van der Waals surface area contributed by atoms with E-state index >= 15 is 0 Å². The average Bonchev–Trinajstić information content (AvgIpc) is 3.41. The second-order valence-electron chi connectivity index (χ2n) is 11.9. The van der Waals surface area contributed by atoms with Crippen LogP contribution in [-0.2, 0) is 12.8 Å². The molecule has 0 unspecified atom stereocenters. The Labute approximate surface area is 256 Å². The number of carbonyl (C=O) groups excluding carboxylic acids is 1. The summed E-state index contributed by atoms with van der Waals surface area (Å²) in [5.41, 5.74) is 7.54. The number of carbonyl (C=O) groups is 1. The number of hydrogen-bond acceptors (Lipinski definition) is 4. The first-order valence-corrected chi connectivity index (χ1v) is 16.1. The zero-order valence-corrected chi connectivity index (χ0v) is 26.2. The number of rotatable bonds is 7. The van der Waals surface area contributed by atoms with Crippen molar-refractivity contribution in [2.45, 2.75) is 59.8 Å². The number of halogens is 1. The lowest BCUT2D eigenvalue weighted by Crippen LogP contribution is -2.61. The molecule has 2 aliphatic rings. The van der Waals surface area contributed by atoms with Crippen LogP contribution in [0, 0.1) is 5.41 Å². The van der Waals surface area contributed by atoms with E-state index in [0.717, 1.165) is 59.6 Å². The highest BCUT2D eigenvalue weighted by Crippen LogP contribution is 2.48. The minimum Gasteiger partial charge on any atom is -0.337 e. The first-order chi connectivity index (χ1) is 20.2. The number of para-hydroxylation sites is 1. The molecule has 7 heteroatoms. The molecule has 1 aliphatic heterocycles. The summed E-state index contributed by atoms with van der Waals surface area (Å²) < 4.78 is 1.80. The zero-order valence-electron chi connectivity index (χ0n) is 24.7. The van der Waals surface area contributed by atoms with E-state index in [0.29, 0.717) is 32.3 Å². The molecule has 216 valence electrons. The molecule has 1 spiro atoms. The van der Waals surface area contributed by atoms with Crippen molar-refractivity contribution in [2.75, 3.05) is 13.1 Å². The molecule has 2 aromatic heterocycles. The summed E-state index contributed by atoms with van der Waals surface area (Å²) in [6, 6.07) is 15.5.